The molecule has 1 aliphatic heterocycles. The molecular formula is C14H18O3. The van der Waals surface area contributed by atoms with E-state index in [2.05, 4.69) is 0 Å². The molecule has 3 nitrogen and oxygen atoms in total. The van der Waals surface area contributed by atoms with Gasteiger partial charge in [-0.1, -0.05) is 12.1 Å². The Bertz CT molecular complexity index is 412. The molecule has 1 aromatic carbocycles. The standard InChI is InChI=1S/C14H18O3/c1-10(16-2)9-13(15)12-7-3-5-11-6-4-8-17-14(11)12/h3,5,7,10H,4,6,8-9H2,1-2H3. The van der Waals surface area contributed by atoms with Crippen LogP contribution >= 0.6 is 0 Å². The maximum Gasteiger partial charge on any atom is 0.169 e. The molecule has 1 unspecified atom stereocenters. The van der Waals surface area contributed by atoms with Gasteiger partial charge in [0, 0.05) is 13.5 Å². The van der Waals surface area contributed by atoms with Crippen LogP contribution in [0.25, 0.3) is 0 Å². The van der Waals surface area contributed by atoms with Crippen molar-refractivity contribution in [3.63, 3.8) is 0 Å². The SMILES string of the molecule is COC(C)CC(=O)c1cccc2c1OCCC2. The normalized spacial score (nSPS) is 15.9. The number of hydrogen-bond acceptors (Lipinski definition) is 3. The van der Waals surface area contributed by atoms with E-state index in [0.717, 1.165) is 24.2 Å². The Morgan fingerprint density at radius 2 is 2.35 bits per heavy atom. The van der Waals surface area contributed by atoms with Crippen molar-refractivity contribution < 1.29 is 14.3 Å². The van der Waals surface area contributed by atoms with Gasteiger partial charge < -0.3 is 9.47 Å². The number of ether oxygens (including phenoxy) is 2. The molecule has 0 saturated carbocycles. The van der Waals surface area contributed by atoms with Crippen LogP contribution in [-0.4, -0.2) is 25.6 Å². The first-order chi connectivity index (χ1) is 8.22. The van der Waals surface area contributed by atoms with Crippen molar-refractivity contribution in [2.24, 2.45) is 0 Å². The smallest absolute Gasteiger partial charge is 0.169 e. The fraction of sp³-hybridized carbons (Fsp3) is 0.500. The predicted molar refractivity (Wildman–Crippen MR) is 65.7 cm³/mol. The van der Waals surface area contributed by atoms with Crippen molar-refractivity contribution in [1.82, 2.24) is 0 Å². The first kappa shape index (κ1) is 12.1. The lowest BCUT2D eigenvalue weighted by molar-refractivity contribution is 0.0788. The third-order valence-electron chi connectivity index (χ3n) is 3.11. The van der Waals surface area contributed by atoms with Crippen LogP contribution in [0.15, 0.2) is 18.2 Å². The molecule has 0 saturated heterocycles. The monoisotopic (exact) mass is 234 g/mol. The lowest BCUT2D eigenvalue weighted by Gasteiger charge is -2.20. The van der Waals surface area contributed by atoms with Crippen molar-refractivity contribution in [3.8, 4) is 5.75 Å². The largest absolute Gasteiger partial charge is 0.493 e. The second-order valence-electron chi connectivity index (χ2n) is 4.42. The van der Waals surface area contributed by atoms with Gasteiger partial charge in [-0.25, -0.2) is 0 Å². The molecule has 0 aliphatic carbocycles. The topological polar surface area (TPSA) is 35.5 Å². The zero-order valence-electron chi connectivity index (χ0n) is 10.4. The average Bonchev–Trinajstić information content (AvgIpc) is 2.37. The third kappa shape index (κ3) is 2.67. The Hall–Kier alpha value is -1.35. The number of carbonyl (C=O) groups excluding carboxylic acids is 1. The summed E-state index contributed by atoms with van der Waals surface area (Å²) in [5, 5.41) is 0. The number of benzene rings is 1. The van der Waals surface area contributed by atoms with Crippen LogP contribution in [0.1, 0.15) is 35.7 Å². The summed E-state index contributed by atoms with van der Waals surface area (Å²) in [6, 6.07) is 5.80. The Balaban J connectivity index is 2.23. The molecule has 1 atom stereocenters. The van der Waals surface area contributed by atoms with Gasteiger partial charge in [-0.2, -0.15) is 0 Å². The highest BCUT2D eigenvalue weighted by atomic mass is 16.5. The van der Waals surface area contributed by atoms with Gasteiger partial charge in [0.05, 0.1) is 18.3 Å². The average molecular weight is 234 g/mol. The van der Waals surface area contributed by atoms with Crippen LogP contribution in [0.4, 0.5) is 0 Å². The van der Waals surface area contributed by atoms with Crippen molar-refractivity contribution in [1.29, 1.82) is 0 Å². The number of methoxy groups -OCH3 is 1. The van der Waals surface area contributed by atoms with Gasteiger partial charge in [0.25, 0.3) is 0 Å². The summed E-state index contributed by atoms with van der Waals surface area (Å²) in [5.74, 6) is 0.880. The van der Waals surface area contributed by atoms with Crippen LogP contribution in [0.3, 0.4) is 0 Å². The van der Waals surface area contributed by atoms with Crippen molar-refractivity contribution in [2.75, 3.05) is 13.7 Å². The Kier molecular flexibility index (Phi) is 3.79. The van der Waals surface area contributed by atoms with E-state index in [9.17, 15) is 4.79 Å². The van der Waals surface area contributed by atoms with Crippen LogP contribution in [0.2, 0.25) is 0 Å². The molecule has 1 aliphatic rings. The lowest BCUT2D eigenvalue weighted by atomic mass is 9.98. The highest BCUT2D eigenvalue weighted by Gasteiger charge is 2.20. The molecule has 17 heavy (non-hydrogen) atoms. The summed E-state index contributed by atoms with van der Waals surface area (Å²) in [5.41, 5.74) is 1.85. The number of fused-ring (bicyclic) bond motifs is 1. The minimum absolute atomic E-state index is 0.0538. The van der Waals surface area contributed by atoms with Gasteiger partial charge in [0.1, 0.15) is 5.75 Å². The number of ketones is 1. The summed E-state index contributed by atoms with van der Waals surface area (Å²) < 4.78 is 10.8. The quantitative estimate of drug-likeness (QED) is 0.751. The Morgan fingerprint density at radius 1 is 1.53 bits per heavy atom. The van der Waals surface area contributed by atoms with Gasteiger partial charge in [-0.3, -0.25) is 4.79 Å². The van der Waals surface area contributed by atoms with E-state index in [0.29, 0.717) is 18.6 Å². The van der Waals surface area contributed by atoms with Crippen molar-refractivity contribution in [3.05, 3.63) is 29.3 Å². The van der Waals surface area contributed by atoms with Crippen molar-refractivity contribution >= 4 is 5.78 Å². The molecule has 1 heterocycles. The summed E-state index contributed by atoms with van der Waals surface area (Å²) >= 11 is 0. The van der Waals surface area contributed by atoms with E-state index in [4.69, 9.17) is 9.47 Å². The number of rotatable bonds is 4. The van der Waals surface area contributed by atoms with E-state index in [1.165, 1.54) is 0 Å². The van der Waals surface area contributed by atoms with E-state index < -0.39 is 0 Å². The molecular weight excluding hydrogens is 216 g/mol. The fourth-order valence-corrected chi connectivity index (χ4v) is 2.06. The molecule has 2 rings (SSSR count). The summed E-state index contributed by atoms with van der Waals surface area (Å²) in [4.78, 5) is 12.1. The number of Topliss-reactive ketones (excluding diaryl/α,β-unsaturated/α-hetero) is 1. The minimum Gasteiger partial charge on any atom is -0.493 e. The van der Waals surface area contributed by atoms with E-state index >= 15 is 0 Å². The molecule has 0 spiro atoms. The summed E-state index contributed by atoms with van der Waals surface area (Å²) in [6.45, 7) is 2.60. The molecule has 0 bridgehead atoms. The van der Waals surface area contributed by atoms with E-state index in [1.807, 2.05) is 25.1 Å². The maximum atomic E-state index is 12.1. The van der Waals surface area contributed by atoms with E-state index in [-0.39, 0.29) is 11.9 Å². The number of aryl methyl sites for hydroxylation is 1. The first-order valence-corrected chi connectivity index (χ1v) is 6.03. The molecule has 92 valence electrons. The second kappa shape index (κ2) is 5.32. The molecule has 3 heteroatoms. The molecule has 0 amide bonds. The van der Waals surface area contributed by atoms with Crippen LogP contribution < -0.4 is 4.74 Å². The highest BCUT2D eigenvalue weighted by Crippen LogP contribution is 2.29. The number of para-hydroxylation sites is 1. The zero-order chi connectivity index (χ0) is 12.3. The Morgan fingerprint density at radius 3 is 3.12 bits per heavy atom. The fourth-order valence-electron chi connectivity index (χ4n) is 2.06. The molecule has 0 fully saturated rings. The van der Waals surface area contributed by atoms with Gasteiger partial charge >= 0.3 is 0 Å². The summed E-state index contributed by atoms with van der Waals surface area (Å²) in [7, 11) is 1.62. The van der Waals surface area contributed by atoms with E-state index in [1.54, 1.807) is 7.11 Å². The molecule has 0 radical (unpaired) electrons. The van der Waals surface area contributed by atoms with Gasteiger partial charge in [-0.15, -0.1) is 0 Å². The molecule has 1 aromatic rings. The lowest BCUT2D eigenvalue weighted by Crippen LogP contribution is -2.16. The van der Waals surface area contributed by atoms with Gasteiger partial charge in [0.15, 0.2) is 5.78 Å². The third-order valence-corrected chi connectivity index (χ3v) is 3.11. The zero-order valence-corrected chi connectivity index (χ0v) is 10.4. The van der Waals surface area contributed by atoms with Crippen molar-refractivity contribution in [2.45, 2.75) is 32.3 Å². The maximum absolute atomic E-state index is 12.1. The highest BCUT2D eigenvalue weighted by molar-refractivity contribution is 5.99. The van der Waals surface area contributed by atoms with Crippen LogP contribution in [0.5, 0.6) is 5.75 Å². The second-order valence-corrected chi connectivity index (χ2v) is 4.42. The predicted octanol–water partition coefficient (Wildman–Crippen LogP) is 2.62. The number of carbonyl (C=O) groups is 1. The Labute approximate surface area is 102 Å². The van der Waals surface area contributed by atoms with Crippen LogP contribution in [0, 0.1) is 0 Å². The van der Waals surface area contributed by atoms with Gasteiger partial charge in [-0.05, 0) is 31.4 Å². The minimum atomic E-state index is -0.0538. The summed E-state index contributed by atoms with van der Waals surface area (Å²) in [6.07, 6.45) is 2.37. The van der Waals surface area contributed by atoms with Crippen LogP contribution in [-0.2, 0) is 11.2 Å². The van der Waals surface area contributed by atoms with Gasteiger partial charge in [0.2, 0.25) is 0 Å². The number of hydrogen-bond donors (Lipinski definition) is 0. The molecule has 0 N–H and O–H groups in total. The molecule has 0 aromatic heterocycles. The first-order valence-electron chi connectivity index (χ1n) is 6.03.